The van der Waals surface area contributed by atoms with Gasteiger partial charge in [0.05, 0.1) is 6.10 Å². The first-order valence-corrected chi connectivity index (χ1v) is 6.91. The van der Waals surface area contributed by atoms with E-state index in [0.29, 0.717) is 12.1 Å². The van der Waals surface area contributed by atoms with Crippen molar-refractivity contribution in [3.8, 4) is 0 Å². The molecular formula is C13H25N3O2. The summed E-state index contributed by atoms with van der Waals surface area (Å²) in [5.74, 6) is 0.540. The molecule has 5 nitrogen and oxygen atoms in total. The van der Waals surface area contributed by atoms with Crippen LogP contribution >= 0.6 is 0 Å². The number of nitrogens with zero attached hydrogens (tertiary/aromatic N) is 1. The van der Waals surface area contributed by atoms with Crippen molar-refractivity contribution in [1.29, 1.82) is 0 Å². The van der Waals surface area contributed by atoms with E-state index in [-0.39, 0.29) is 5.41 Å². The fraction of sp³-hybridized carbons (Fsp3) is 0.923. The van der Waals surface area contributed by atoms with Crippen LogP contribution in [0.15, 0.2) is 4.99 Å². The van der Waals surface area contributed by atoms with Gasteiger partial charge < -0.3 is 20.5 Å². The van der Waals surface area contributed by atoms with Gasteiger partial charge in [-0.15, -0.1) is 0 Å². The van der Waals surface area contributed by atoms with Crippen molar-refractivity contribution in [2.45, 2.75) is 38.7 Å². The predicted molar refractivity (Wildman–Crippen MR) is 71.6 cm³/mol. The minimum atomic E-state index is 0.244. The van der Waals surface area contributed by atoms with Gasteiger partial charge in [0.25, 0.3) is 0 Å². The lowest BCUT2D eigenvalue weighted by Crippen LogP contribution is -2.38. The lowest BCUT2D eigenvalue weighted by atomic mass is 9.83. The molecule has 1 atom stereocenters. The zero-order chi connectivity index (χ0) is 12.8. The Hall–Kier alpha value is -0.810. The number of nitrogens with one attached hydrogen (secondary N) is 1. The van der Waals surface area contributed by atoms with Gasteiger partial charge in [0.1, 0.15) is 0 Å². The molecule has 0 saturated carbocycles. The van der Waals surface area contributed by atoms with E-state index >= 15 is 0 Å². The second-order valence-corrected chi connectivity index (χ2v) is 5.64. The van der Waals surface area contributed by atoms with Crippen LogP contribution in [0.25, 0.3) is 0 Å². The van der Waals surface area contributed by atoms with Crippen LogP contribution in [-0.4, -0.2) is 45.0 Å². The molecule has 2 heterocycles. The van der Waals surface area contributed by atoms with Gasteiger partial charge >= 0.3 is 0 Å². The van der Waals surface area contributed by atoms with Crippen LogP contribution in [0.4, 0.5) is 0 Å². The van der Waals surface area contributed by atoms with E-state index in [0.717, 1.165) is 58.6 Å². The number of guanidine groups is 1. The maximum atomic E-state index is 5.88. The highest BCUT2D eigenvalue weighted by atomic mass is 16.5. The average molecular weight is 255 g/mol. The third kappa shape index (κ3) is 4.14. The van der Waals surface area contributed by atoms with Gasteiger partial charge in [-0.05, 0) is 31.1 Å². The smallest absolute Gasteiger partial charge is 0.188 e. The number of ether oxygens (including phenoxy) is 2. The van der Waals surface area contributed by atoms with Crippen LogP contribution in [0.3, 0.4) is 0 Å². The Balaban J connectivity index is 1.70. The van der Waals surface area contributed by atoms with E-state index in [1.807, 2.05) is 0 Å². The van der Waals surface area contributed by atoms with E-state index in [2.05, 4.69) is 17.2 Å². The van der Waals surface area contributed by atoms with E-state index in [1.54, 1.807) is 0 Å². The van der Waals surface area contributed by atoms with Crippen molar-refractivity contribution in [3.05, 3.63) is 0 Å². The van der Waals surface area contributed by atoms with Gasteiger partial charge in [-0.3, -0.25) is 4.99 Å². The highest BCUT2D eigenvalue weighted by molar-refractivity contribution is 5.77. The number of hydrogen-bond acceptors (Lipinski definition) is 3. The first-order chi connectivity index (χ1) is 8.68. The molecule has 0 bridgehead atoms. The quantitative estimate of drug-likeness (QED) is 0.578. The number of rotatable bonds is 4. The Morgan fingerprint density at radius 3 is 2.83 bits per heavy atom. The van der Waals surface area contributed by atoms with Crippen molar-refractivity contribution in [1.82, 2.24) is 5.32 Å². The summed E-state index contributed by atoms with van der Waals surface area (Å²) >= 11 is 0. The zero-order valence-corrected chi connectivity index (χ0v) is 11.3. The molecule has 0 aromatic heterocycles. The van der Waals surface area contributed by atoms with E-state index in [9.17, 15) is 0 Å². The standard InChI is InChI=1S/C13H25N3O2/c1-13(4-7-17-8-5-13)10-16-12(14)15-9-11-3-2-6-18-11/h11H,2-10H2,1H3,(H3,14,15,16). The fourth-order valence-electron chi connectivity index (χ4n) is 2.38. The van der Waals surface area contributed by atoms with Crippen LogP contribution in [-0.2, 0) is 9.47 Å². The van der Waals surface area contributed by atoms with Gasteiger partial charge in [0.2, 0.25) is 0 Å². The molecule has 18 heavy (non-hydrogen) atoms. The Morgan fingerprint density at radius 2 is 2.17 bits per heavy atom. The third-order valence-corrected chi connectivity index (χ3v) is 3.87. The summed E-state index contributed by atoms with van der Waals surface area (Å²) < 4.78 is 10.9. The van der Waals surface area contributed by atoms with Crippen LogP contribution in [0.2, 0.25) is 0 Å². The van der Waals surface area contributed by atoms with Crippen molar-refractivity contribution < 1.29 is 9.47 Å². The molecule has 2 rings (SSSR count). The normalized spacial score (nSPS) is 28.3. The highest BCUT2D eigenvalue weighted by Crippen LogP contribution is 2.29. The maximum absolute atomic E-state index is 5.88. The van der Waals surface area contributed by atoms with Gasteiger partial charge in [0, 0.05) is 32.9 Å². The van der Waals surface area contributed by atoms with Gasteiger partial charge in [-0.25, -0.2) is 0 Å². The summed E-state index contributed by atoms with van der Waals surface area (Å²) in [4.78, 5) is 4.45. The van der Waals surface area contributed by atoms with Crippen LogP contribution in [0.1, 0.15) is 32.6 Å². The lowest BCUT2D eigenvalue weighted by Gasteiger charge is -2.31. The second-order valence-electron chi connectivity index (χ2n) is 5.64. The minimum absolute atomic E-state index is 0.244. The molecule has 2 aliphatic heterocycles. The van der Waals surface area contributed by atoms with Crippen LogP contribution in [0.5, 0.6) is 0 Å². The Bertz CT molecular complexity index is 282. The molecule has 0 aliphatic carbocycles. The Labute approximate surface area is 109 Å². The summed E-state index contributed by atoms with van der Waals surface area (Å²) in [6.45, 7) is 6.37. The second kappa shape index (κ2) is 6.38. The van der Waals surface area contributed by atoms with E-state index in [1.165, 1.54) is 0 Å². The molecule has 5 heteroatoms. The number of hydrogen-bond donors (Lipinski definition) is 2. The third-order valence-electron chi connectivity index (χ3n) is 3.87. The molecule has 0 radical (unpaired) electrons. The molecule has 0 aromatic carbocycles. The zero-order valence-electron chi connectivity index (χ0n) is 11.3. The minimum Gasteiger partial charge on any atom is -0.381 e. The van der Waals surface area contributed by atoms with E-state index in [4.69, 9.17) is 15.2 Å². The average Bonchev–Trinajstić information content (AvgIpc) is 2.88. The van der Waals surface area contributed by atoms with Gasteiger partial charge in [0.15, 0.2) is 5.96 Å². The first-order valence-electron chi connectivity index (χ1n) is 6.91. The molecule has 0 amide bonds. The summed E-state index contributed by atoms with van der Waals surface area (Å²) in [6.07, 6.45) is 4.71. The van der Waals surface area contributed by atoms with Gasteiger partial charge in [-0.2, -0.15) is 0 Å². The van der Waals surface area contributed by atoms with E-state index < -0.39 is 0 Å². The largest absolute Gasteiger partial charge is 0.381 e. The summed E-state index contributed by atoms with van der Waals surface area (Å²) in [7, 11) is 0. The summed E-state index contributed by atoms with van der Waals surface area (Å²) in [6, 6.07) is 0. The molecule has 2 saturated heterocycles. The molecule has 1 unspecified atom stereocenters. The van der Waals surface area contributed by atoms with Crippen molar-refractivity contribution >= 4 is 5.96 Å². The van der Waals surface area contributed by atoms with Crippen LogP contribution in [0, 0.1) is 5.41 Å². The van der Waals surface area contributed by atoms with Crippen molar-refractivity contribution in [3.63, 3.8) is 0 Å². The summed E-state index contributed by atoms with van der Waals surface area (Å²) in [5.41, 5.74) is 6.12. The maximum Gasteiger partial charge on any atom is 0.188 e. The van der Waals surface area contributed by atoms with Crippen molar-refractivity contribution in [2.24, 2.45) is 16.1 Å². The van der Waals surface area contributed by atoms with Crippen LogP contribution < -0.4 is 11.1 Å². The molecule has 0 aromatic rings. The van der Waals surface area contributed by atoms with Crippen molar-refractivity contribution in [2.75, 3.05) is 32.9 Å². The highest BCUT2D eigenvalue weighted by Gasteiger charge is 2.27. The Kier molecular flexibility index (Phi) is 4.83. The number of aliphatic imine (C=N–C) groups is 1. The van der Waals surface area contributed by atoms with Gasteiger partial charge in [-0.1, -0.05) is 6.92 Å². The Morgan fingerprint density at radius 1 is 1.39 bits per heavy atom. The predicted octanol–water partition coefficient (Wildman–Crippen LogP) is 0.886. The molecule has 2 fully saturated rings. The topological polar surface area (TPSA) is 68.9 Å². The molecule has 104 valence electrons. The fourth-order valence-corrected chi connectivity index (χ4v) is 2.38. The summed E-state index contributed by atoms with van der Waals surface area (Å²) in [5, 5.41) is 3.15. The molecule has 2 aliphatic rings. The number of nitrogens with two attached hydrogens (primary N) is 1. The lowest BCUT2D eigenvalue weighted by molar-refractivity contribution is 0.0283. The monoisotopic (exact) mass is 255 g/mol. The first kappa shape index (κ1) is 13.6. The molecule has 0 spiro atoms. The molecule has 3 N–H and O–H groups in total. The SMILES string of the molecule is CC1(CN=C(N)NCC2CCCO2)CCOCC1. The molecular weight excluding hydrogens is 230 g/mol.